The number of pyridine rings is 2. The zero-order valence-corrected chi connectivity index (χ0v) is 28.1. The van der Waals surface area contributed by atoms with Gasteiger partial charge in [-0.15, -0.1) is 0 Å². The number of likely N-dealkylation sites (N-methyl/N-ethyl adjacent to an activating group) is 3. The monoisotopic (exact) mass is 583 g/mol. The average Bonchev–Trinajstić information content (AvgIpc) is 2.99. The van der Waals surface area contributed by atoms with Crippen LogP contribution < -0.4 is 9.80 Å². The van der Waals surface area contributed by atoms with Crippen LogP contribution in [0.15, 0.2) is 55.2 Å². The van der Waals surface area contributed by atoms with E-state index < -0.39 is 0 Å². The standard InChI is InChI=1S/C34H47N7.C2H6/c1-24-17-32(40-16-14-38(7)22-26(40)3)20-34(36-24)41-23-31-19-29(10-9-28(31)18-25(41)2)30-11-12-33(35-21-30)27(4)39(8)15-13-37(5)6;1-2/h9-12,17,19-21,25-26H,4,13-16,18,22-23H2,1-3,5-8H3;1-2H3. The lowest BCUT2D eigenvalue weighted by Gasteiger charge is -2.41. The van der Waals surface area contributed by atoms with Crippen molar-refractivity contribution in [1.29, 1.82) is 0 Å². The van der Waals surface area contributed by atoms with Crippen molar-refractivity contribution in [3.8, 4) is 11.1 Å². The SMILES string of the molecule is C=C(c1ccc(-c2ccc3c(c2)CN(c2cc(N4CCN(C)CC4C)cc(C)n2)C(C)C3)cn1)N(C)CCN(C)C.CC. The molecular formula is C36H53N7. The maximum absolute atomic E-state index is 5.02. The molecule has 0 N–H and O–H groups in total. The van der Waals surface area contributed by atoms with E-state index in [0.29, 0.717) is 12.1 Å². The van der Waals surface area contributed by atoms with Gasteiger partial charge in [0.05, 0.1) is 11.4 Å². The largest absolute Gasteiger partial charge is 0.372 e. The van der Waals surface area contributed by atoms with Crippen molar-refractivity contribution in [1.82, 2.24) is 24.7 Å². The lowest BCUT2D eigenvalue weighted by atomic mass is 9.91. The highest BCUT2D eigenvalue weighted by molar-refractivity contribution is 5.68. The number of hydrogen-bond acceptors (Lipinski definition) is 7. The highest BCUT2D eigenvalue weighted by Crippen LogP contribution is 2.33. The molecule has 1 saturated heterocycles. The van der Waals surface area contributed by atoms with Gasteiger partial charge in [-0.3, -0.25) is 4.98 Å². The molecule has 5 rings (SSSR count). The predicted molar refractivity (Wildman–Crippen MR) is 184 cm³/mol. The first kappa shape index (κ1) is 32.5. The van der Waals surface area contributed by atoms with E-state index in [1.807, 2.05) is 20.0 Å². The maximum atomic E-state index is 5.02. The topological polar surface area (TPSA) is 42.0 Å². The van der Waals surface area contributed by atoms with E-state index in [9.17, 15) is 0 Å². The summed E-state index contributed by atoms with van der Waals surface area (Å²) < 4.78 is 0. The van der Waals surface area contributed by atoms with Gasteiger partial charge < -0.3 is 24.5 Å². The Labute approximate surface area is 260 Å². The van der Waals surface area contributed by atoms with Gasteiger partial charge in [-0.2, -0.15) is 0 Å². The van der Waals surface area contributed by atoms with Gasteiger partial charge in [0.25, 0.3) is 0 Å². The highest BCUT2D eigenvalue weighted by Gasteiger charge is 2.27. The Hall–Kier alpha value is -3.42. The first-order valence-corrected chi connectivity index (χ1v) is 15.9. The van der Waals surface area contributed by atoms with Gasteiger partial charge in [0.2, 0.25) is 0 Å². The molecule has 0 saturated carbocycles. The molecule has 2 aliphatic rings. The lowest BCUT2D eigenvalue weighted by molar-refractivity contribution is 0.275. The number of hydrogen-bond donors (Lipinski definition) is 0. The summed E-state index contributed by atoms with van der Waals surface area (Å²) in [5, 5.41) is 0. The Balaban J connectivity index is 0.00000207. The highest BCUT2D eigenvalue weighted by atomic mass is 15.3. The molecular weight excluding hydrogens is 530 g/mol. The van der Waals surface area contributed by atoms with Crippen molar-refractivity contribution in [2.45, 2.75) is 59.7 Å². The number of aryl methyl sites for hydroxylation is 1. The molecule has 4 heterocycles. The van der Waals surface area contributed by atoms with Crippen LogP contribution in [-0.2, 0) is 13.0 Å². The minimum Gasteiger partial charge on any atom is -0.372 e. The van der Waals surface area contributed by atoms with Gasteiger partial charge in [0.1, 0.15) is 5.82 Å². The predicted octanol–water partition coefficient (Wildman–Crippen LogP) is 6.03. The summed E-state index contributed by atoms with van der Waals surface area (Å²) in [5.74, 6) is 1.08. The molecule has 43 heavy (non-hydrogen) atoms. The van der Waals surface area contributed by atoms with Crippen LogP contribution in [0.2, 0.25) is 0 Å². The average molecular weight is 584 g/mol. The van der Waals surface area contributed by atoms with Crippen LogP contribution in [0, 0.1) is 6.92 Å². The quantitative estimate of drug-likeness (QED) is 0.321. The molecule has 0 aliphatic carbocycles. The first-order valence-electron chi connectivity index (χ1n) is 15.9. The minimum atomic E-state index is 0.386. The third-order valence-corrected chi connectivity index (χ3v) is 8.71. The van der Waals surface area contributed by atoms with Crippen molar-refractivity contribution in [3.05, 3.63) is 77.8 Å². The van der Waals surface area contributed by atoms with Gasteiger partial charge >= 0.3 is 0 Å². The lowest BCUT2D eigenvalue weighted by Crippen LogP contribution is -2.50. The van der Waals surface area contributed by atoms with E-state index in [1.54, 1.807) is 0 Å². The normalized spacial score (nSPS) is 18.7. The van der Waals surface area contributed by atoms with Gasteiger partial charge in [0, 0.05) is 87.6 Å². The Morgan fingerprint density at radius 3 is 2.33 bits per heavy atom. The van der Waals surface area contributed by atoms with Crippen LogP contribution in [0.5, 0.6) is 0 Å². The molecule has 1 fully saturated rings. The van der Waals surface area contributed by atoms with E-state index in [1.165, 1.54) is 22.4 Å². The summed E-state index contributed by atoms with van der Waals surface area (Å²) in [7, 11) is 8.47. The summed E-state index contributed by atoms with van der Waals surface area (Å²) >= 11 is 0. The molecule has 2 unspecified atom stereocenters. The van der Waals surface area contributed by atoms with E-state index in [2.05, 4.69) is 123 Å². The molecule has 1 aromatic carbocycles. The summed E-state index contributed by atoms with van der Waals surface area (Å²) in [6.07, 6.45) is 3.00. The van der Waals surface area contributed by atoms with E-state index in [0.717, 1.165) is 74.2 Å². The van der Waals surface area contributed by atoms with Crippen molar-refractivity contribution in [2.24, 2.45) is 0 Å². The molecule has 0 radical (unpaired) electrons. The molecule has 2 aliphatic heterocycles. The van der Waals surface area contributed by atoms with Crippen molar-refractivity contribution < 1.29 is 0 Å². The van der Waals surface area contributed by atoms with Crippen LogP contribution in [0.4, 0.5) is 11.5 Å². The second-order valence-electron chi connectivity index (χ2n) is 12.4. The molecule has 232 valence electrons. The second kappa shape index (κ2) is 14.4. The van der Waals surface area contributed by atoms with E-state index in [4.69, 9.17) is 9.97 Å². The van der Waals surface area contributed by atoms with Crippen LogP contribution in [-0.4, -0.2) is 97.7 Å². The second-order valence-corrected chi connectivity index (χ2v) is 12.4. The zero-order valence-electron chi connectivity index (χ0n) is 28.1. The molecule has 2 atom stereocenters. The third kappa shape index (κ3) is 7.76. The van der Waals surface area contributed by atoms with Gasteiger partial charge in [0.15, 0.2) is 0 Å². The fraction of sp³-hybridized carbons (Fsp3) is 0.500. The Kier molecular flexibility index (Phi) is 10.9. The fourth-order valence-corrected chi connectivity index (χ4v) is 6.11. The molecule has 7 heteroatoms. The number of nitrogens with zero attached hydrogens (tertiary/aromatic N) is 7. The van der Waals surface area contributed by atoms with Gasteiger partial charge in [-0.1, -0.05) is 38.6 Å². The van der Waals surface area contributed by atoms with Crippen molar-refractivity contribution in [3.63, 3.8) is 0 Å². The zero-order chi connectivity index (χ0) is 31.3. The Morgan fingerprint density at radius 1 is 0.907 bits per heavy atom. The number of anilines is 2. The Bertz CT molecular complexity index is 1370. The number of piperazine rings is 1. The molecule has 0 amide bonds. The summed E-state index contributed by atoms with van der Waals surface area (Å²) in [4.78, 5) is 21.6. The van der Waals surface area contributed by atoms with Crippen LogP contribution in [0.1, 0.15) is 50.2 Å². The third-order valence-electron chi connectivity index (χ3n) is 8.71. The molecule has 0 spiro atoms. The van der Waals surface area contributed by atoms with E-state index in [-0.39, 0.29) is 0 Å². The summed E-state index contributed by atoms with van der Waals surface area (Å²) in [6, 6.07) is 16.6. The van der Waals surface area contributed by atoms with Crippen LogP contribution in [0.3, 0.4) is 0 Å². The van der Waals surface area contributed by atoms with Crippen LogP contribution >= 0.6 is 0 Å². The molecule has 3 aromatic rings. The smallest absolute Gasteiger partial charge is 0.131 e. The van der Waals surface area contributed by atoms with E-state index >= 15 is 0 Å². The first-order chi connectivity index (χ1) is 20.6. The number of benzene rings is 1. The van der Waals surface area contributed by atoms with Crippen LogP contribution in [0.25, 0.3) is 16.8 Å². The summed E-state index contributed by atoms with van der Waals surface area (Å²) in [6.45, 7) is 21.0. The molecule has 0 bridgehead atoms. The summed E-state index contributed by atoms with van der Waals surface area (Å²) in [5.41, 5.74) is 9.37. The fourth-order valence-electron chi connectivity index (χ4n) is 6.11. The molecule has 7 nitrogen and oxygen atoms in total. The molecule has 2 aromatic heterocycles. The minimum absolute atomic E-state index is 0.386. The van der Waals surface area contributed by atoms with Gasteiger partial charge in [-0.05, 0) is 83.2 Å². The Morgan fingerprint density at radius 2 is 1.65 bits per heavy atom. The maximum Gasteiger partial charge on any atom is 0.131 e. The number of aromatic nitrogens is 2. The number of rotatable bonds is 8. The van der Waals surface area contributed by atoms with Crippen molar-refractivity contribution >= 4 is 17.2 Å². The van der Waals surface area contributed by atoms with Gasteiger partial charge in [-0.25, -0.2) is 4.98 Å². The number of fused-ring (bicyclic) bond motifs is 1. The van der Waals surface area contributed by atoms with Crippen molar-refractivity contribution in [2.75, 3.05) is 70.7 Å².